The fourth-order valence-corrected chi connectivity index (χ4v) is 3.27. The largest absolute Gasteiger partial charge is 0.372 e. The minimum atomic E-state index is 1.14. The van der Waals surface area contributed by atoms with Crippen LogP contribution >= 0.6 is 0 Å². The number of anilines is 3. The van der Waals surface area contributed by atoms with Crippen LogP contribution in [0, 0.1) is 0 Å². The van der Waals surface area contributed by atoms with Crippen molar-refractivity contribution in [3.8, 4) is 0 Å². The minimum Gasteiger partial charge on any atom is -0.372 e. The van der Waals surface area contributed by atoms with Crippen LogP contribution in [0.5, 0.6) is 0 Å². The highest BCUT2D eigenvalue weighted by Crippen LogP contribution is 2.22. The van der Waals surface area contributed by atoms with Gasteiger partial charge in [0.1, 0.15) is 0 Å². The van der Waals surface area contributed by atoms with Gasteiger partial charge in [0.05, 0.1) is 0 Å². The Morgan fingerprint density at radius 3 is 1.69 bits per heavy atom. The summed E-state index contributed by atoms with van der Waals surface area (Å²) in [5.41, 5.74) is 3.64. The van der Waals surface area contributed by atoms with Gasteiger partial charge < -0.3 is 10.2 Å². The van der Waals surface area contributed by atoms with E-state index in [1.165, 1.54) is 70.1 Å². The maximum absolute atomic E-state index is 3.47. The molecule has 0 aliphatic carbocycles. The molecule has 1 N–H and O–H groups in total. The van der Waals surface area contributed by atoms with Gasteiger partial charge in [-0.2, -0.15) is 0 Å². The average Bonchev–Trinajstić information content (AvgIpc) is 2.68. The molecule has 0 saturated carbocycles. The van der Waals surface area contributed by atoms with Gasteiger partial charge in [-0.05, 0) is 49.2 Å². The highest BCUT2D eigenvalue weighted by atomic mass is 15.1. The summed E-state index contributed by atoms with van der Waals surface area (Å²) in [6.45, 7) is 6.91. The molecule has 0 bridgehead atoms. The van der Waals surface area contributed by atoms with Gasteiger partial charge in [-0.15, -0.1) is 0 Å². The predicted octanol–water partition coefficient (Wildman–Crippen LogP) is 7.40. The fraction of sp³-hybridized carbons (Fsp3) is 0.500. The molecule has 0 amide bonds. The zero-order chi connectivity index (χ0) is 18.5. The van der Waals surface area contributed by atoms with E-state index in [4.69, 9.17) is 0 Å². The van der Waals surface area contributed by atoms with Gasteiger partial charge in [-0.25, -0.2) is 0 Å². The Hall–Kier alpha value is -1.96. The molecular formula is C24H36N2. The van der Waals surface area contributed by atoms with E-state index in [-0.39, 0.29) is 0 Å². The van der Waals surface area contributed by atoms with Crippen molar-refractivity contribution in [2.24, 2.45) is 0 Å². The van der Waals surface area contributed by atoms with E-state index >= 15 is 0 Å². The lowest BCUT2D eigenvalue weighted by molar-refractivity contribution is 0.609. The second kappa shape index (κ2) is 12.4. The molecule has 26 heavy (non-hydrogen) atoms. The van der Waals surface area contributed by atoms with E-state index < -0.39 is 0 Å². The Balaban J connectivity index is 1.93. The van der Waals surface area contributed by atoms with Crippen LogP contribution in [0.4, 0.5) is 17.1 Å². The fourth-order valence-electron chi connectivity index (χ4n) is 3.27. The van der Waals surface area contributed by atoms with Crippen molar-refractivity contribution >= 4 is 17.1 Å². The van der Waals surface area contributed by atoms with Gasteiger partial charge in [-0.3, -0.25) is 0 Å². The summed E-state index contributed by atoms with van der Waals surface area (Å²) in [5, 5.41) is 3.47. The third-order valence-corrected chi connectivity index (χ3v) is 4.86. The molecule has 0 aliphatic heterocycles. The quantitative estimate of drug-likeness (QED) is 0.378. The first-order chi connectivity index (χ1) is 12.8. The van der Waals surface area contributed by atoms with Crippen molar-refractivity contribution in [1.82, 2.24) is 0 Å². The molecule has 2 aromatic carbocycles. The molecule has 0 heterocycles. The SMILES string of the molecule is CCCCCCN(CCCCCC)c1ccc(Nc2ccccc2)cc1. The Bertz CT molecular complexity index is 565. The van der Waals surface area contributed by atoms with Gasteiger partial charge in [0, 0.05) is 30.2 Å². The predicted molar refractivity (Wildman–Crippen MR) is 117 cm³/mol. The summed E-state index contributed by atoms with van der Waals surface area (Å²) in [7, 11) is 0. The van der Waals surface area contributed by atoms with Crippen molar-refractivity contribution < 1.29 is 0 Å². The molecule has 0 atom stereocenters. The van der Waals surface area contributed by atoms with Gasteiger partial charge >= 0.3 is 0 Å². The van der Waals surface area contributed by atoms with E-state index in [9.17, 15) is 0 Å². The van der Waals surface area contributed by atoms with Crippen molar-refractivity contribution in [2.75, 3.05) is 23.3 Å². The van der Waals surface area contributed by atoms with Crippen LogP contribution in [-0.2, 0) is 0 Å². The molecule has 0 aromatic heterocycles. The summed E-state index contributed by atoms with van der Waals surface area (Å²) < 4.78 is 0. The standard InChI is InChI=1S/C24H36N2/c1-3-5-7-12-20-26(21-13-8-6-4-2)24-18-16-23(17-19-24)25-22-14-10-9-11-15-22/h9-11,14-19,25H,3-8,12-13,20-21H2,1-2H3. The molecule has 2 rings (SSSR count). The molecule has 2 aromatic rings. The number of unbranched alkanes of at least 4 members (excludes halogenated alkanes) is 6. The number of hydrogen-bond donors (Lipinski definition) is 1. The number of para-hydroxylation sites is 1. The number of rotatable bonds is 13. The Morgan fingerprint density at radius 2 is 1.15 bits per heavy atom. The van der Waals surface area contributed by atoms with E-state index in [1.807, 2.05) is 6.07 Å². The zero-order valence-corrected chi connectivity index (χ0v) is 16.7. The van der Waals surface area contributed by atoms with Gasteiger partial charge in [-0.1, -0.05) is 70.6 Å². The van der Waals surface area contributed by atoms with Gasteiger partial charge in [0.2, 0.25) is 0 Å². The van der Waals surface area contributed by atoms with Gasteiger partial charge in [0.15, 0.2) is 0 Å². The lowest BCUT2D eigenvalue weighted by atomic mass is 10.1. The molecule has 2 nitrogen and oxygen atoms in total. The third kappa shape index (κ3) is 7.51. The minimum absolute atomic E-state index is 1.14. The third-order valence-electron chi connectivity index (χ3n) is 4.86. The topological polar surface area (TPSA) is 15.3 Å². The number of nitrogens with zero attached hydrogens (tertiary/aromatic N) is 1. The van der Waals surface area contributed by atoms with Crippen LogP contribution in [0.2, 0.25) is 0 Å². The van der Waals surface area contributed by atoms with Crippen molar-refractivity contribution in [1.29, 1.82) is 0 Å². The molecule has 0 saturated heterocycles. The summed E-state index contributed by atoms with van der Waals surface area (Å²) in [5.74, 6) is 0. The lowest BCUT2D eigenvalue weighted by Gasteiger charge is -2.25. The van der Waals surface area contributed by atoms with Gasteiger partial charge in [0.25, 0.3) is 0 Å². The molecule has 0 spiro atoms. The van der Waals surface area contributed by atoms with Crippen molar-refractivity contribution in [3.63, 3.8) is 0 Å². The van der Waals surface area contributed by atoms with Crippen LogP contribution < -0.4 is 10.2 Å². The highest BCUT2D eigenvalue weighted by molar-refractivity contribution is 5.62. The van der Waals surface area contributed by atoms with Crippen molar-refractivity contribution in [3.05, 3.63) is 54.6 Å². The molecule has 0 radical (unpaired) electrons. The monoisotopic (exact) mass is 352 g/mol. The smallest absolute Gasteiger partial charge is 0.0385 e. The zero-order valence-electron chi connectivity index (χ0n) is 16.7. The second-order valence-corrected chi connectivity index (χ2v) is 7.15. The number of nitrogens with one attached hydrogen (secondary N) is 1. The first kappa shape index (κ1) is 20.4. The van der Waals surface area contributed by atoms with Crippen LogP contribution in [0.15, 0.2) is 54.6 Å². The Morgan fingerprint density at radius 1 is 0.615 bits per heavy atom. The average molecular weight is 353 g/mol. The summed E-state index contributed by atoms with van der Waals surface area (Å²) >= 11 is 0. The highest BCUT2D eigenvalue weighted by Gasteiger charge is 2.06. The summed E-state index contributed by atoms with van der Waals surface area (Å²) in [6.07, 6.45) is 10.6. The maximum Gasteiger partial charge on any atom is 0.0385 e. The molecule has 0 fully saturated rings. The number of hydrogen-bond acceptors (Lipinski definition) is 2. The van der Waals surface area contributed by atoms with E-state index in [0.29, 0.717) is 0 Å². The Labute approximate surface area is 160 Å². The second-order valence-electron chi connectivity index (χ2n) is 7.15. The van der Waals surface area contributed by atoms with Crippen LogP contribution in [-0.4, -0.2) is 13.1 Å². The summed E-state index contributed by atoms with van der Waals surface area (Å²) in [4.78, 5) is 2.58. The van der Waals surface area contributed by atoms with Crippen LogP contribution in [0.1, 0.15) is 65.2 Å². The molecule has 0 aliphatic rings. The lowest BCUT2D eigenvalue weighted by Crippen LogP contribution is -2.25. The summed E-state index contributed by atoms with van der Waals surface area (Å²) in [6, 6.07) is 19.3. The van der Waals surface area contributed by atoms with Crippen LogP contribution in [0.3, 0.4) is 0 Å². The molecule has 2 heteroatoms. The maximum atomic E-state index is 3.47. The first-order valence-corrected chi connectivity index (χ1v) is 10.5. The van der Waals surface area contributed by atoms with Crippen LogP contribution in [0.25, 0.3) is 0 Å². The van der Waals surface area contributed by atoms with E-state index in [1.54, 1.807) is 0 Å². The van der Waals surface area contributed by atoms with E-state index in [2.05, 4.69) is 72.6 Å². The molecular weight excluding hydrogens is 316 g/mol. The first-order valence-electron chi connectivity index (χ1n) is 10.5. The van der Waals surface area contributed by atoms with E-state index in [0.717, 1.165) is 11.4 Å². The normalized spacial score (nSPS) is 10.7. The molecule has 0 unspecified atom stereocenters. The number of benzene rings is 2. The molecule has 142 valence electrons. The Kier molecular flexibility index (Phi) is 9.71. The van der Waals surface area contributed by atoms with Crippen molar-refractivity contribution in [2.45, 2.75) is 65.2 Å².